The van der Waals surface area contributed by atoms with Crippen LogP contribution in [0, 0.1) is 0 Å². The molecule has 0 unspecified atom stereocenters. The third-order valence-corrected chi connectivity index (χ3v) is 5.47. The van der Waals surface area contributed by atoms with Crippen LogP contribution in [0.15, 0.2) is 52.2 Å². The summed E-state index contributed by atoms with van der Waals surface area (Å²) in [4.78, 5) is 27.7. The van der Waals surface area contributed by atoms with Gasteiger partial charge in [0.05, 0.1) is 12.3 Å². The Labute approximate surface area is 191 Å². The minimum Gasteiger partial charge on any atom is -0.406 e. The van der Waals surface area contributed by atoms with Crippen molar-refractivity contribution in [1.29, 1.82) is 0 Å². The number of fused-ring (bicyclic) bond motifs is 1. The number of hydrogen-bond donors (Lipinski definition) is 2. The predicted molar refractivity (Wildman–Crippen MR) is 118 cm³/mol. The van der Waals surface area contributed by atoms with Crippen LogP contribution >= 0.6 is 0 Å². The van der Waals surface area contributed by atoms with Crippen LogP contribution in [-0.2, 0) is 20.0 Å². The van der Waals surface area contributed by atoms with E-state index in [0.29, 0.717) is 36.5 Å². The zero-order chi connectivity index (χ0) is 24.5. The van der Waals surface area contributed by atoms with Gasteiger partial charge in [-0.2, -0.15) is 4.68 Å². The van der Waals surface area contributed by atoms with Gasteiger partial charge in [-0.1, -0.05) is 0 Å². The third kappa shape index (κ3) is 4.97. The summed E-state index contributed by atoms with van der Waals surface area (Å²) >= 11 is 0. The fourth-order valence-corrected chi connectivity index (χ4v) is 3.83. The lowest BCUT2D eigenvalue weighted by Crippen LogP contribution is -2.39. The van der Waals surface area contributed by atoms with Crippen molar-refractivity contribution in [2.45, 2.75) is 19.3 Å². The molecule has 180 valence electrons. The molecule has 0 saturated carbocycles. The summed E-state index contributed by atoms with van der Waals surface area (Å²) in [6.45, 7) is 1.16. The molecule has 34 heavy (non-hydrogen) atoms. The lowest BCUT2D eigenvalue weighted by molar-refractivity contribution is -0.274. The van der Waals surface area contributed by atoms with Gasteiger partial charge in [0, 0.05) is 44.0 Å². The van der Waals surface area contributed by atoms with E-state index in [1.54, 1.807) is 25.4 Å². The van der Waals surface area contributed by atoms with Crippen LogP contribution in [-0.4, -0.2) is 50.4 Å². The molecule has 1 aliphatic heterocycles. The molecule has 0 spiro atoms. The number of ether oxygens (including phenoxy) is 1. The highest BCUT2D eigenvalue weighted by Crippen LogP contribution is 2.26. The normalized spacial score (nSPS) is 14.0. The molecule has 1 aromatic carbocycles. The van der Waals surface area contributed by atoms with Gasteiger partial charge in [-0.3, -0.25) is 14.5 Å². The summed E-state index contributed by atoms with van der Waals surface area (Å²) in [5, 5.41) is 16.7. The van der Waals surface area contributed by atoms with E-state index >= 15 is 0 Å². The Hall–Kier alpha value is -3.64. The second-order valence-corrected chi connectivity index (χ2v) is 7.78. The summed E-state index contributed by atoms with van der Waals surface area (Å²) < 4.78 is 43.8. The SMILES string of the molecule is Cn1cccc(Nc2nn(-c3ccc(OC(F)(F)F)cc3)c(=O)c3c2CCN(CCO)C3)c1=O. The van der Waals surface area contributed by atoms with E-state index in [0.717, 1.165) is 16.8 Å². The Kier molecular flexibility index (Phi) is 6.44. The molecule has 3 aromatic rings. The molecule has 2 N–H and O–H groups in total. The number of aromatic nitrogens is 3. The highest BCUT2D eigenvalue weighted by molar-refractivity contribution is 5.60. The number of hydrogen-bond acceptors (Lipinski definition) is 7. The number of alkyl halides is 3. The van der Waals surface area contributed by atoms with Crippen LogP contribution in [0.4, 0.5) is 24.7 Å². The molecule has 9 nitrogen and oxygen atoms in total. The number of aryl methyl sites for hydroxylation is 1. The second-order valence-electron chi connectivity index (χ2n) is 7.78. The second kappa shape index (κ2) is 9.31. The summed E-state index contributed by atoms with van der Waals surface area (Å²) in [6.07, 6.45) is -2.77. The Morgan fingerprint density at radius 3 is 2.53 bits per heavy atom. The minimum absolute atomic E-state index is 0.0690. The van der Waals surface area contributed by atoms with Crippen molar-refractivity contribution in [2.75, 3.05) is 25.0 Å². The van der Waals surface area contributed by atoms with Gasteiger partial charge < -0.3 is 19.7 Å². The van der Waals surface area contributed by atoms with Gasteiger partial charge in [-0.25, -0.2) is 0 Å². The summed E-state index contributed by atoms with van der Waals surface area (Å²) in [5.41, 5.74) is 0.844. The number of nitrogens with one attached hydrogen (secondary N) is 1. The summed E-state index contributed by atoms with van der Waals surface area (Å²) in [5.74, 6) is -0.125. The largest absolute Gasteiger partial charge is 0.573 e. The van der Waals surface area contributed by atoms with E-state index in [4.69, 9.17) is 0 Å². The first-order valence-electron chi connectivity index (χ1n) is 10.4. The first kappa shape index (κ1) is 23.5. The topological polar surface area (TPSA) is 102 Å². The zero-order valence-electron chi connectivity index (χ0n) is 18.2. The monoisotopic (exact) mass is 477 g/mol. The molecule has 3 heterocycles. The third-order valence-electron chi connectivity index (χ3n) is 5.47. The van der Waals surface area contributed by atoms with Crippen molar-refractivity contribution in [3.8, 4) is 11.4 Å². The first-order chi connectivity index (χ1) is 16.2. The molecule has 0 bridgehead atoms. The van der Waals surface area contributed by atoms with E-state index < -0.39 is 17.7 Å². The highest BCUT2D eigenvalue weighted by atomic mass is 19.4. The fraction of sp³-hybridized carbons (Fsp3) is 0.318. The standard InChI is InChI=1S/C22H22F3N5O4/c1-28-9-2-3-18(21(28)33)26-19-16-8-10-29(11-12-31)13-17(16)20(32)30(27-19)14-4-6-15(7-5-14)34-22(23,24)25/h2-7,9,31H,8,10-13H2,1H3,(H,26,27). The van der Waals surface area contributed by atoms with Crippen LogP contribution in [0.25, 0.3) is 5.69 Å². The predicted octanol–water partition coefficient (Wildman–Crippen LogP) is 1.92. The maximum absolute atomic E-state index is 13.3. The molecule has 12 heteroatoms. The van der Waals surface area contributed by atoms with Gasteiger partial charge in [0.2, 0.25) is 0 Å². The lowest BCUT2D eigenvalue weighted by atomic mass is 10.0. The van der Waals surface area contributed by atoms with Crippen LogP contribution in [0.5, 0.6) is 5.75 Å². The van der Waals surface area contributed by atoms with E-state index in [-0.39, 0.29) is 30.1 Å². The molecule has 0 fully saturated rings. The molecule has 2 aromatic heterocycles. The van der Waals surface area contributed by atoms with Crippen molar-refractivity contribution in [3.05, 3.63) is 74.4 Å². The zero-order valence-corrected chi connectivity index (χ0v) is 18.2. The van der Waals surface area contributed by atoms with Crippen molar-refractivity contribution in [1.82, 2.24) is 19.2 Å². The molecule has 0 amide bonds. The highest BCUT2D eigenvalue weighted by Gasteiger charge is 2.31. The number of β-amino-alcohol motifs (C(OH)–C–C–N with tert-alkyl or cyclic N) is 1. The van der Waals surface area contributed by atoms with E-state index in [1.807, 2.05) is 4.90 Å². The smallest absolute Gasteiger partial charge is 0.406 e. The maximum Gasteiger partial charge on any atom is 0.573 e. The average molecular weight is 477 g/mol. The lowest BCUT2D eigenvalue weighted by Gasteiger charge is -2.29. The Balaban J connectivity index is 1.80. The molecule has 1 aliphatic rings. The van der Waals surface area contributed by atoms with Crippen molar-refractivity contribution in [2.24, 2.45) is 7.05 Å². The van der Waals surface area contributed by atoms with Crippen LogP contribution in [0.2, 0.25) is 0 Å². The van der Waals surface area contributed by atoms with E-state index in [2.05, 4.69) is 15.2 Å². The quantitative estimate of drug-likeness (QED) is 0.560. The number of pyridine rings is 1. The summed E-state index contributed by atoms with van der Waals surface area (Å²) in [6, 6.07) is 8.05. The first-order valence-corrected chi connectivity index (χ1v) is 10.4. The number of benzene rings is 1. The van der Waals surface area contributed by atoms with Gasteiger partial charge >= 0.3 is 6.36 Å². The van der Waals surface area contributed by atoms with Gasteiger partial charge in [0.1, 0.15) is 11.4 Å². The fourth-order valence-electron chi connectivity index (χ4n) is 3.83. The number of anilines is 2. The number of aliphatic hydroxyl groups is 1. The van der Waals surface area contributed by atoms with Gasteiger partial charge in [0.15, 0.2) is 5.82 Å². The maximum atomic E-state index is 13.3. The molecule has 0 aliphatic carbocycles. The number of rotatable bonds is 6. The van der Waals surface area contributed by atoms with Crippen LogP contribution in [0.3, 0.4) is 0 Å². The van der Waals surface area contributed by atoms with Crippen molar-refractivity contribution >= 4 is 11.5 Å². The van der Waals surface area contributed by atoms with Crippen LogP contribution in [0.1, 0.15) is 11.1 Å². The molecule has 0 radical (unpaired) electrons. The minimum atomic E-state index is -4.84. The summed E-state index contributed by atoms with van der Waals surface area (Å²) in [7, 11) is 1.61. The van der Waals surface area contributed by atoms with E-state index in [1.165, 1.54) is 16.7 Å². The Bertz CT molecular complexity index is 1300. The molecular formula is C22H22F3N5O4. The number of nitrogens with zero attached hydrogens (tertiary/aromatic N) is 4. The van der Waals surface area contributed by atoms with Gasteiger partial charge in [-0.15, -0.1) is 18.3 Å². The molecule has 0 atom stereocenters. The Morgan fingerprint density at radius 2 is 1.85 bits per heavy atom. The van der Waals surface area contributed by atoms with Crippen molar-refractivity contribution < 1.29 is 23.0 Å². The average Bonchev–Trinajstić information content (AvgIpc) is 2.78. The molecule has 4 rings (SSSR count). The van der Waals surface area contributed by atoms with Crippen molar-refractivity contribution in [3.63, 3.8) is 0 Å². The Morgan fingerprint density at radius 1 is 1.12 bits per heavy atom. The number of aliphatic hydroxyl groups excluding tert-OH is 1. The van der Waals surface area contributed by atoms with E-state index in [9.17, 15) is 27.9 Å². The molecule has 0 saturated heterocycles. The number of halogens is 3. The van der Waals surface area contributed by atoms with Crippen LogP contribution < -0.4 is 21.2 Å². The van der Waals surface area contributed by atoms with Gasteiger partial charge in [0.25, 0.3) is 11.1 Å². The molecular weight excluding hydrogens is 455 g/mol. The van der Waals surface area contributed by atoms with Gasteiger partial charge in [-0.05, 0) is 42.8 Å².